The number of rotatable bonds is 5. The molecule has 0 spiro atoms. The molecule has 2 N–H and O–H groups in total. The molecule has 0 aliphatic heterocycles. The fourth-order valence-corrected chi connectivity index (χ4v) is 3.56. The summed E-state index contributed by atoms with van der Waals surface area (Å²) in [5.41, 5.74) is 3.50. The van der Waals surface area contributed by atoms with Crippen molar-refractivity contribution in [3.63, 3.8) is 0 Å². The number of aromatic nitrogens is 1. The topological polar surface area (TPSA) is 79.3 Å². The highest BCUT2D eigenvalue weighted by Crippen LogP contribution is 2.34. The number of carbonyl (C=O) groups excluding carboxylic acids is 1. The van der Waals surface area contributed by atoms with Crippen LogP contribution >= 0.6 is 0 Å². The monoisotopic (exact) mass is 338 g/mol. The van der Waals surface area contributed by atoms with Crippen molar-refractivity contribution < 1.29 is 14.7 Å². The molecule has 5 nitrogen and oxygen atoms in total. The third kappa shape index (κ3) is 3.87. The third-order valence-electron chi connectivity index (χ3n) is 4.84. The fraction of sp³-hybridized carbons (Fsp3) is 0.350. The number of pyridine rings is 1. The SMILES string of the molecule is Cc1cccnc1C(=O)NC(CC1CCCc2ccccc21)C(=O)O. The number of amides is 1. The average molecular weight is 338 g/mol. The van der Waals surface area contributed by atoms with Crippen LogP contribution in [0.2, 0.25) is 0 Å². The first-order valence-corrected chi connectivity index (χ1v) is 8.59. The van der Waals surface area contributed by atoms with Crippen LogP contribution < -0.4 is 5.32 Å². The van der Waals surface area contributed by atoms with E-state index in [1.165, 1.54) is 17.3 Å². The predicted octanol–water partition coefficient (Wildman–Crippen LogP) is 3.08. The highest BCUT2D eigenvalue weighted by molar-refractivity contribution is 5.96. The van der Waals surface area contributed by atoms with Gasteiger partial charge in [0, 0.05) is 6.20 Å². The van der Waals surface area contributed by atoms with Crippen molar-refractivity contribution in [2.24, 2.45) is 0 Å². The van der Waals surface area contributed by atoms with Gasteiger partial charge in [-0.05, 0) is 61.3 Å². The van der Waals surface area contributed by atoms with Gasteiger partial charge in [-0.2, -0.15) is 0 Å². The first-order valence-electron chi connectivity index (χ1n) is 8.59. The lowest BCUT2D eigenvalue weighted by Gasteiger charge is -2.28. The maximum Gasteiger partial charge on any atom is 0.326 e. The Labute approximate surface area is 147 Å². The molecule has 1 aliphatic rings. The molecule has 0 bridgehead atoms. The van der Waals surface area contributed by atoms with Crippen molar-refractivity contribution in [1.82, 2.24) is 10.3 Å². The second-order valence-corrected chi connectivity index (χ2v) is 6.56. The molecule has 130 valence electrons. The molecule has 1 heterocycles. The zero-order valence-electron chi connectivity index (χ0n) is 14.2. The molecule has 2 aromatic rings. The lowest BCUT2D eigenvalue weighted by Crippen LogP contribution is -2.42. The van der Waals surface area contributed by atoms with Crippen LogP contribution in [-0.4, -0.2) is 28.0 Å². The number of carboxylic acid groups (broad SMARTS) is 1. The normalized spacial score (nSPS) is 17.4. The predicted molar refractivity (Wildman–Crippen MR) is 94.6 cm³/mol. The van der Waals surface area contributed by atoms with E-state index < -0.39 is 17.9 Å². The molecule has 3 rings (SSSR count). The van der Waals surface area contributed by atoms with Gasteiger partial charge in [0.15, 0.2) is 0 Å². The highest BCUT2D eigenvalue weighted by Gasteiger charge is 2.28. The van der Waals surface area contributed by atoms with Crippen LogP contribution in [-0.2, 0) is 11.2 Å². The summed E-state index contributed by atoms with van der Waals surface area (Å²) in [5.74, 6) is -1.30. The van der Waals surface area contributed by atoms with Crippen molar-refractivity contribution in [3.8, 4) is 0 Å². The van der Waals surface area contributed by atoms with Crippen LogP contribution in [0.1, 0.15) is 52.4 Å². The van der Waals surface area contributed by atoms with Crippen LogP contribution in [0.15, 0.2) is 42.6 Å². The van der Waals surface area contributed by atoms with E-state index in [9.17, 15) is 14.7 Å². The van der Waals surface area contributed by atoms with Crippen LogP contribution in [0.4, 0.5) is 0 Å². The second kappa shape index (κ2) is 7.47. The second-order valence-electron chi connectivity index (χ2n) is 6.56. The Balaban J connectivity index is 1.76. The van der Waals surface area contributed by atoms with Gasteiger partial charge in [0.25, 0.3) is 5.91 Å². The first kappa shape index (κ1) is 17.1. The van der Waals surface area contributed by atoms with Gasteiger partial charge in [-0.3, -0.25) is 9.78 Å². The molecule has 0 saturated carbocycles. The number of fused-ring (bicyclic) bond motifs is 1. The van der Waals surface area contributed by atoms with Gasteiger partial charge in [0.2, 0.25) is 0 Å². The molecule has 2 atom stereocenters. The zero-order chi connectivity index (χ0) is 17.8. The molecule has 2 unspecified atom stereocenters. The van der Waals surface area contributed by atoms with Gasteiger partial charge >= 0.3 is 5.97 Å². The Hall–Kier alpha value is -2.69. The van der Waals surface area contributed by atoms with Crippen molar-refractivity contribution in [2.75, 3.05) is 0 Å². The number of benzene rings is 1. The van der Waals surface area contributed by atoms with Gasteiger partial charge in [0.1, 0.15) is 11.7 Å². The molecule has 0 radical (unpaired) electrons. The number of hydrogen-bond acceptors (Lipinski definition) is 3. The van der Waals surface area contributed by atoms with Gasteiger partial charge in [-0.15, -0.1) is 0 Å². The standard InChI is InChI=1S/C20H22N2O3/c1-13-6-5-11-21-18(13)19(23)22-17(20(24)25)12-15-9-4-8-14-7-2-3-10-16(14)15/h2-3,5-7,10-11,15,17H,4,8-9,12H2,1H3,(H,22,23)(H,24,25). The quantitative estimate of drug-likeness (QED) is 0.878. The number of nitrogens with zero attached hydrogens (tertiary/aromatic N) is 1. The lowest BCUT2D eigenvalue weighted by molar-refractivity contribution is -0.139. The molecule has 1 aliphatic carbocycles. The molecular formula is C20H22N2O3. The third-order valence-corrected chi connectivity index (χ3v) is 4.84. The Morgan fingerprint density at radius 2 is 2.08 bits per heavy atom. The van der Waals surface area contributed by atoms with Gasteiger partial charge in [0.05, 0.1) is 0 Å². The zero-order valence-corrected chi connectivity index (χ0v) is 14.2. The maximum atomic E-state index is 12.4. The van der Waals surface area contributed by atoms with E-state index in [2.05, 4.69) is 22.4 Å². The van der Waals surface area contributed by atoms with E-state index in [0.29, 0.717) is 6.42 Å². The molecule has 1 amide bonds. The highest BCUT2D eigenvalue weighted by atomic mass is 16.4. The maximum absolute atomic E-state index is 12.4. The van der Waals surface area contributed by atoms with Crippen LogP contribution in [0.3, 0.4) is 0 Å². The summed E-state index contributed by atoms with van der Waals surface area (Å²) in [5, 5.41) is 12.2. The summed E-state index contributed by atoms with van der Waals surface area (Å²) in [7, 11) is 0. The molecule has 25 heavy (non-hydrogen) atoms. The van der Waals surface area contributed by atoms with E-state index in [1.54, 1.807) is 19.1 Å². The number of carboxylic acids is 1. The van der Waals surface area contributed by atoms with E-state index in [0.717, 1.165) is 24.8 Å². The fourth-order valence-electron chi connectivity index (χ4n) is 3.56. The average Bonchev–Trinajstić information content (AvgIpc) is 2.61. The van der Waals surface area contributed by atoms with Crippen molar-refractivity contribution in [1.29, 1.82) is 0 Å². The van der Waals surface area contributed by atoms with Crippen LogP contribution in [0.25, 0.3) is 0 Å². The summed E-state index contributed by atoms with van der Waals surface area (Å²) in [4.78, 5) is 28.2. The van der Waals surface area contributed by atoms with Gasteiger partial charge < -0.3 is 10.4 Å². The van der Waals surface area contributed by atoms with Gasteiger partial charge in [-0.1, -0.05) is 30.3 Å². The largest absolute Gasteiger partial charge is 0.480 e. The summed E-state index contributed by atoms with van der Waals surface area (Å²) < 4.78 is 0. The smallest absolute Gasteiger partial charge is 0.326 e. The Kier molecular flexibility index (Phi) is 5.12. The first-order chi connectivity index (χ1) is 12.1. The number of nitrogens with one attached hydrogen (secondary N) is 1. The van der Waals surface area contributed by atoms with Crippen molar-refractivity contribution >= 4 is 11.9 Å². The molecule has 1 aromatic carbocycles. The molecule has 0 saturated heterocycles. The summed E-state index contributed by atoms with van der Waals surface area (Å²) >= 11 is 0. The van der Waals surface area contributed by atoms with Crippen LogP contribution in [0.5, 0.6) is 0 Å². The molecular weight excluding hydrogens is 316 g/mol. The minimum atomic E-state index is -1.01. The number of aryl methyl sites for hydroxylation is 2. The van der Waals surface area contributed by atoms with E-state index >= 15 is 0 Å². The number of carbonyl (C=O) groups is 2. The number of aliphatic carboxylic acids is 1. The number of hydrogen-bond donors (Lipinski definition) is 2. The van der Waals surface area contributed by atoms with Crippen LogP contribution in [0, 0.1) is 6.92 Å². The minimum absolute atomic E-state index is 0.149. The Morgan fingerprint density at radius 1 is 1.28 bits per heavy atom. The van der Waals surface area contributed by atoms with E-state index in [4.69, 9.17) is 0 Å². The Bertz CT molecular complexity index is 788. The summed E-state index contributed by atoms with van der Waals surface area (Å²) in [6, 6.07) is 10.8. The van der Waals surface area contributed by atoms with Gasteiger partial charge in [-0.25, -0.2) is 4.79 Å². The van der Waals surface area contributed by atoms with E-state index in [1.807, 2.05) is 12.1 Å². The molecule has 5 heteroatoms. The minimum Gasteiger partial charge on any atom is -0.480 e. The van der Waals surface area contributed by atoms with E-state index in [-0.39, 0.29) is 11.6 Å². The summed E-state index contributed by atoms with van der Waals surface area (Å²) in [6.07, 6.45) is 4.95. The van der Waals surface area contributed by atoms with Crippen molar-refractivity contribution in [2.45, 2.75) is 44.6 Å². The summed E-state index contributed by atoms with van der Waals surface area (Å²) in [6.45, 7) is 1.79. The van der Waals surface area contributed by atoms with Crippen molar-refractivity contribution in [3.05, 3.63) is 65.0 Å². The Morgan fingerprint density at radius 3 is 2.84 bits per heavy atom. The molecule has 1 aromatic heterocycles. The lowest BCUT2D eigenvalue weighted by atomic mass is 9.79. The molecule has 0 fully saturated rings.